The number of urea groups is 1. The molecule has 1 aromatic carbocycles. The minimum absolute atomic E-state index is 0.323. The van der Waals surface area contributed by atoms with Gasteiger partial charge in [-0.25, -0.2) is 14.8 Å². The Morgan fingerprint density at radius 1 is 1.06 bits per heavy atom. The third kappa shape index (κ3) is 6.68. The highest BCUT2D eigenvalue weighted by Gasteiger charge is 2.18. The van der Waals surface area contributed by atoms with Gasteiger partial charge in [0.2, 0.25) is 5.95 Å². The van der Waals surface area contributed by atoms with E-state index in [1.807, 2.05) is 6.07 Å². The summed E-state index contributed by atoms with van der Waals surface area (Å²) >= 11 is 12.9. The summed E-state index contributed by atoms with van der Waals surface area (Å²) in [5, 5.41) is 10.6. The summed E-state index contributed by atoms with van der Waals surface area (Å²) in [7, 11) is 0. The monoisotopic (exact) mass is 503 g/mol. The molecule has 0 aliphatic carbocycles. The Balaban J connectivity index is 1.95. The summed E-state index contributed by atoms with van der Waals surface area (Å²) in [4.78, 5) is 28.5. The molecule has 0 fully saturated rings. The molecule has 3 N–H and O–H groups in total. The molecular formula is C24H31Cl2N7O. The Labute approximate surface area is 210 Å². The van der Waals surface area contributed by atoms with Crippen molar-refractivity contribution in [3.8, 4) is 11.1 Å². The van der Waals surface area contributed by atoms with Crippen LogP contribution in [0.5, 0.6) is 0 Å². The fourth-order valence-corrected chi connectivity index (χ4v) is 4.09. The number of fused-ring (bicyclic) bond motifs is 1. The van der Waals surface area contributed by atoms with Gasteiger partial charge in [0.25, 0.3) is 0 Å². The van der Waals surface area contributed by atoms with Crippen LogP contribution in [0, 0.1) is 0 Å². The lowest BCUT2D eigenvalue weighted by atomic mass is 10.0. The van der Waals surface area contributed by atoms with Gasteiger partial charge in [0.05, 0.1) is 10.0 Å². The average molecular weight is 504 g/mol. The second-order valence-electron chi connectivity index (χ2n) is 7.78. The van der Waals surface area contributed by atoms with Crippen molar-refractivity contribution >= 4 is 52.0 Å². The van der Waals surface area contributed by atoms with E-state index in [0.717, 1.165) is 32.5 Å². The van der Waals surface area contributed by atoms with E-state index in [9.17, 15) is 4.79 Å². The lowest BCUT2D eigenvalue weighted by Gasteiger charge is -2.18. The first-order valence-electron chi connectivity index (χ1n) is 11.6. The van der Waals surface area contributed by atoms with Gasteiger partial charge >= 0.3 is 6.03 Å². The summed E-state index contributed by atoms with van der Waals surface area (Å²) in [5.41, 5.74) is 1.64. The molecule has 0 bridgehead atoms. The van der Waals surface area contributed by atoms with Crippen LogP contribution in [0.15, 0.2) is 30.5 Å². The van der Waals surface area contributed by atoms with Gasteiger partial charge in [-0.1, -0.05) is 56.5 Å². The number of unbranched alkanes of at least 4 members (excludes halogenated alkanes) is 1. The van der Waals surface area contributed by atoms with Crippen molar-refractivity contribution in [3.63, 3.8) is 0 Å². The van der Waals surface area contributed by atoms with E-state index in [4.69, 9.17) is 23.2 Å². The lowest BCUT2D eigenvalue weighted by Crippen LogP contribution is -2.30. The van der Waals surface area contributed by atoms with Crippen LogP contribution < -0.4 is 16.0 Å². The predicted molar refractivity (Wildman–Crippen MR) is 141 cm³/mol. The van der Waals surface area contributed by atoms with E-state index in [2.05, 4.69) is 56.6 Å². The van der Waals surface area contributed by atoms with Crippen LogP contribution in [-0.4, -0.2) is 58.6 Å². The van der Waals surface area contributed by atoms with Gasteiger partial charge in [0, 0.05) is 42.3 Å². The zero-order chi connectivity index (χ0) is 24.5. The van der Waals surface area contributed by atoms with Gasteiger partial charge in [-0.05, 0) is 37.7 Å². The molecule has 0 radical (unpaired) electrons. The van der Waals surface area contributed by atoms with Crippen LogP contribution in [0.2, 0.25) is 10.0 Å². The van der Waals surface area contributed by atoms with E-state index in [-0.39, 0.29) is 6.03 Å². The molecule has 3 aromatic rings. The molecule has 3 rings (SSSR count). The maximum Gasteiger partial charge on any atom is 0.320 e. The number of nitrogens with one attached hydrogen (secondary N) is 3. The number of carbonyl (C=O) groups excluding carboxylic acids is 1. The summed E-state index contributed by atoms with van der Waals surface area (Å²) in [6.45, 7) is 10.5. The number of pyridine rings is 1. The quantitative estimate of drug-likeness (QED) is 0.291. The zero-order valence-corrected chi connectivity index (χ0v) is 21.3. The van der Waals surface area contributed by atoms with E-state index in [1.165, 1.54) is 0 Å². The first-order chi connectivity index (χ1) is 16.5. The maximum atomic E-state index is 12.5. The molecule has 0 spiro atoms. The number of anilines is 2. The van der Waals surface area contributed by atoms with E-state index >= 15 is 0 Å². The van der Waals surface area contributed by atoms with Gasteiger partial charge in [-0.2, -0.15) is 4.98 Å². The summed E-state index contributed by atoms with van der Waals surface area (Å²) in [6, 6.07) is 6.76. The molecular weight excluding hydrogens is 473 g/mol. The Morgan fingerprint density at radius 3 is 2.47 bits per heavy atom. The normalized spacial score (nSPS) is 11.1. The first-order valence-corrected chi connectivity index (χ1v) is 12.4. The molecule has 182 valence electrons. The Hall–Kier alpha value is -2.68. The zero-order valence-electron chi connectivity index (χ0n) is 19.8. The van der Waals surface area contributed by atoms with E-state index < -0.39 is 0 Å². The molecule has 0 saturated carbocycles. The number of rotatable bonds is 11. The molecule has 34 heavy (non-hydrogen) atoms. The van der Waals surface area contributed by atoms with Gasteiger partial charge in [0.15, 0.2) is 5.65 Å². The molecule has 0 saturated heterocycles. The lowest BCUT2D eigenvalue weighted by molar-refractivity contribution is 0.252. The van der Waals surface area contributed by atoms with Gasteiger partial charge in [-0.3, -0.25) is 5.32 Å². The fraction of sp³-hybridized carbons (Fsp3) is 0.417. The molecule has 0 unspecified atom stereocenters. The summed E-state index contributed by atoms with van der Waals surface area (Å²) in [6.07, 6.45) is 3.57. The molecule has 2 heterocycles. The van der Waals surface area contributed by atoms with Crippen LogP contribution in [0.4, 0.5) is 16.6 Å². The van der Waals surface area contributed by atoms with Crippen molar-refractivity contribution in [1.29, 1.82) is 0 Å². The number of nitrogens with zero attached hydrogens (tertiary/aromatic N) is 4. The van der Waals surface area contributed by atoms with Crippen LogP contribution in [0.1, 0.15) is 33.6 Å². The average Bonchev–Trinajstić information content (AvgIpc) is 2.82. The number of hydrogen-bond acceptors (Lipinski definition) is 6. The fourth-order valence-electron chi connectivity index (χ4n) is 3.49. The predicted octanol–water partition coefficient (Wildman–Crippen LogP) is 5.67. The van der Waals surface area contributed by atoms with Crippen LogP contribution in [0.3, 0.4) is 0 Å². The minimum Gasteiger partial charge on any atom is -0.353 e. The van der Waals surface area contributed by atoms with Gasteiger partial charge in [0.1, 0.15) is 5.82 Å². The minimum atomic E-state index is -0.351. The second kappa shape index (κ2) is 12.7. The largest absolute Gasteiger partial charge is 0.353 e. The number of amides is 2. The third-order valence-electron chi connectivity index (χ3n) is 5.45. The molecule has 8 nitrogen and oxygen atoms in total. The van der Waals surface area contributed by atoms with Gasteiger partial charge in [-0.15, -0.1) is 0 Å². The van der Waals surface area contributed by atoms with Crippen molar-refractivity contribution in [2.24, 2.45) is 0 Å². The van der Waals surface area contributed by atoms with Gasteiger partial charge < -0.3 is 15.5 Å². The number of carbonyl (C=O) groups is 1. The highest BCUT2D eigenvalue weighted by molar-refractivity contribution is 6.39. The van der Waals surface area contributed by atoms with Crippen LogP contribution >= 0.6 is 23.2 Å². The first kappa shape index (κ1) is 25.9. The molecule has 0 aliphatic heterocycles. The van der Waals surface area contributed by atoms with Crippen LogP contribution in [0.25, 0.3) is 22.2 Å². The molecule has 2 amide bonds. The topological polar surface area (TPSA) is 95.1 Å². The Morgan fingerprint density at radius 2 is 1.79 bits per heavy atom. The number of benzene rings is 1. The molecule has 10 heteroatoms. The SMILES string of the molecule is CCCCNC(=O)Nc1nc2nc(NCCN(CC)CC)ncc2cc1-c1c(Cl)cccc1Cl. The Bertz CT molecular complexity index is 1100. The van der Waals surface area contributed by atoms with Crippen LogP contribution in [-0.2, 0) is 0 Å². The highest BCUT2D eigenvalue weighted by Crippen LogP contribution is 2.39. The third-order valence-corrected chi connectivity index (χ3v) is 6.08. The number of halogens is 2. The number of aromatic nitrogens is 3. The summed E-state index contributed by atoms with van der Waals surface area (Å²) in [5.74, 6) is 0.804. The van der Waals surface area contributed by atoms with E-state index in [1.54, 1.807) is 24.4 Å². The van der Waals surface area contributed by atoms with Crippen molar-refractivity contribution < 1.29 is 4.79 Å². The standard InChI is InChI=1S/C24H31Cl2N7O/c1-4-7-11-28-24(34)32-22-17(20-18(25)9-8-10-19(20)26)14-16-15-29-23(31-21(16)30-22)27-12-13-33(5-2)6-3/h8-10,14-15H,4-7,11-13H2,1-3H3,(H3,27,28,29,30,31,32,34). The molecule has 0 aliphatic rings. The number of likely N-dealkylation sites (N-methyl/N-ethyl adjacent to an activating group) is 1. The molecule has 0 atom stereocenters. The van der Waals surface area contributed by atoms with Crippen molar-refractivity contribution in [3.05, 3.63) is 40.5 Å². The Kier molecular flexibility index (Phi) is 9.68. The van der Waals surface area contributed by atoms with E-state index in [0.29, 0.717) is 57.1 Å². The maximum absolute atomic E-state index is 12.5. The van der Waals surface area contributed by atoms with Crippen molar-refractivity contribution in [2.75, 3.05) is 43.4 Å². The van der Waals surface area contributed by atoms with Crippen molar-refractivity contribution in [1.82, 2.24) is 25.2 Å². The summed E-state index contributed by atoms with van der Waals surface area (Å²) < 4.78 is 0. The number of hydrogen-bond donors (Lipinski definition) is 3. The second-order valence-corrected chi connectivity index (χ2v) is 8.59. The van der Waals surface area contributed by atoms with Crippen molar-refractivity contribution in [2.45, 2.75) is 33.6 Å². The highest BCUT2D eigenvalue weighted by atomic mass is 35.5. The smallest absolute Gasteiger partial charge is 0.320 e. The molecule has 2 aromatic heterocycles.